The Bertz CT molecular complexity index is 1030. The molecule has 3 heterocycles. The van der Waals surface area contributed by atoms with Crippen molar-refractivity contribution >= 4 is 44.5 Å². The number of halogens is 3. The van der Waals surface area contributed by atoms with Crippen LogP contribution in [0.4, 0.5) is 10.2 Å². The van der Waals surface area contributed by atoms with Gasteiger partial charge >= 0.3 is 0 Å². The van der Waals surface area contributed by atoms with Gasteiger partial charge < -0.3 is 14.8 Å². The lowest BCUT2D eigenvalue weighted by molar-refractivity contribution is -0.0298. The number of hydrogen-bond acceptors (Lipinski definition) is 6. The average molecular weight is 485 g/mol. The van der Waals surface area contributed by atoms with E-state index in [1.807, 2.05) is 4.57 Å². The fraction of sp³-hybridized carbons (Fsp3) is 0.421. The molecule has 4 rings (SSSR count). The normalized spacial score (nSPS) is 16.9. The predicted octanol–water partition coefficient (Wildman–Crippen LogP) is 4.74. The molecule has 0 radical (unpaired) electrons. The number of anilines is 1. The molecule has 0 amide bonds. The van der Waals surface area contributed by atoms with E-state index in [2.05, 4.69) is 36.2 Å². The quantitative estimate of drug-likeness (QED) is 0.509. The van der Waals surface area contributed by atoms with Crippen molar-refractivity contribution in [1.29, 1.82) is 0 Å². The summed E-state index contributed by atoms with van der Waals surface area (Å²) in [6.07, 6.45) is 6.92. The van der Waals surface area contributed by atoms with Crippen LogP contribution in [0.25, 0.3) is 11.2 Å². The molecule has 0 bridgehead atoms. The van der Waals surface area contributed by atoms with E-state index in [-0.39, 0.29) is 15.7 Å². The van der Waals surface area contributed by atoms with Crippen molar-refractivity contribution < 1.29 is 13.9 Å². The first-order valence-electron chi connectivity index (χ1n) is 9.33. The zero-order valence-corrected chi connectivity index (χ0v) is 18.1. The van der Waals surface area contributed by atoms with Gasteiger partial charge in [0.1, 0.15) is 18.3 Å². The minimum Gasteiger partial charge on any atom is -0.495 e. The highest BCUT2D eigenvalue weighted by atomic mass is 79.9. The zero-order chi connectivity index (χ0) is 20.4. The Balaban J connectivity index is 1.52. The lowest BCUT2D eigenvalue weighted by Crippen LogP contribution is -2.17. The third-order valence-corrected chi connectivity index (χ3v) is 5.89. The minimum absolute atomic E-state index is 0.0422. The Hall–Kier alpha value is -1.97. The van der Waals surface area contributed by atoms with Crippen molar-refractivity contribution in [1.82, 2.24) is 19.5 Å². The lowest BCUT2D eigenvalue weighted by atomic mass is 10.1. The summed E-state index contributed by atoms with van der Waals surface area (Å²) in [5.41, 5.74) is 2.20. The van der Waals surface area contributed by atoms with Gasteiger partial charge in [-0.2, -0.15) is 0 Å². The van der Waals surface area contributed by atoms with Crippen LogP contribution >= 0.6 is 27.5 Å². The SMILES string of the molecule is COc1c(CCNc2ncnc3c2ncn3C2CCCCO2)cc(Cl)c(F)c1Br. The Morgan fingerprint density at radius 1 is 1.38 bits per heavy atom. The summed E-state index contributed by atoms with van der Waals surface area (Å²) in [5.74, 6) is 0.532. The molecule has 29 heavy (non-hydrogen) atoms. The topological polar surface area (TPSA) is 74.1 Å². The van der Waals surface area contributed by atoms with E-state index in [9.17, 15) is 4.39 Å². The Morgan fingerprint density at radius 2 is 2.24 bits per heavy atom. The van der Waals surface area contributed by atoms with Crippen LogP contribution in [0.15, 0.2) is 23.2 Å². The first-order chi connectivity index (χ1) is 14.1. The zero-order valence-electron chi connectivity index (χ0n) is 15.8. The maximum atomic E-state index is 14.0. The molecule has 1 N–H and O–H groups in total. The molecule has 1 atom stereocenters. The van der Waals surface area contributed by atoms with Gasteiger partial charge in [-0.25, -0.2) is 19.3 Å². The molecule has 1 aromatic carbocycles. The van der Waals surface area contributed by atoms with E-state index in [0.29, 0.717) is 30.0 Å². The monoisotopic (exact) mass is 483 g/mol. The largest absolute Gasteiger partial charge is 0.495 e. The minimum atomic E-state index is -0.534. The molecular weight excluding hydrogens is 465 g/mol. The number of aromatic nitrogens is 4. The fourth-order valence-corrected chi connectivity index (χ4v) is 4.45. The van der Waals surface area contributed by atoms with Gasteiger partial charge in [-0.05, 0) is 53.2 Å². The fourth-order valence-electron chi connectivity index (χ4n) is 3.48. The van der Waals surface area contributed by atoms with E-state index in [1.54, 1.807) is 12.4 Å². The lowest BCUT2D eigenvalue weighted by Gasteiger charge is -2.23. The number of methoxy groups -OCH3 is 1. The Morgan fingerprint density at radius 3 is 3.00 bits per heavy atom. The number of fused-ring (bicyclic) bond motifs is 1. The molecule has 7 nitrogen and oxygen atoms in total. The van der Waals surface area contributed by atoms with Crippen LogP contribution in [0.5, 0.6) is 5.75 Å². The van der Waals surface area contributed by atoms with Crippen LogP contribution < -0.4 is 10.1 Å². The molecule has 0 saturated carbocycles. The summed E-state index contributed by atoms with van der Waals surface area (Å²) < 4.78 is 27.3. The molecule has 1 aliphatic rings. The van der Waals surface area contributed by atoms with Gasteiger partial charge in [0.25, 0.3) is 0 Å². The number of nitrogens with one attached hydrogen (secondary N) is 1. The average Bonchev–Trinajstić information content (AvgIpc) is 3.18. The Labute approximate surface area is 180 Å². The maximum absolute atomic E-state index is 14.0. The smallest absolute Gasteiger partial charge is 0.167 e. The third kappa shape index (κ3) is 4.04. The van der Waals surface area contributed by atoms with Crippen LogP contribution in [-0.4, -0.2) is 39.8 Å². The molecule has 10 heteroatoms. The maximum Gasteiger partial charge on any atom is 0.167 e. The van der Waals surface area contributed by atoms with Gasteiger partial charge in [-0.3, -0.25) is 4.57 Å². The van der Waals surface area contributed by atoms with Crippen LogP contribution in [0.1, 0.15) is 31.1 Å². The number of imidazole rings is 1. The second kappa shape index (κ2) is 8.81. The summed E-state index contributed by atoms with van der Waals surface area (Å²) in [4.78, 5) is 13.2. The van der Waals surface area contributed by atoms with Crippen molar-refractivity contribution in [3.63, 3.8) is 0 Å². The highest BCUT2D eigenvalue weighted by Crippen LogP contribution is 2.36. The van der Waals surface area contributed by atoms with E-state index < -0.39 is 5.82 Å². The third-order valence-electron chi connectivity index (χ3n) is 4.91. The summed E-state index contributed by atoms with van der Waals surface area (Å²) >= 11 is 9.17. The molecular formula is C19H20BrClFN5O2. The van der Waals surface area contributed by atoms with Crippen molar-refractivity contribution in [2.75, 3.05) is 25.6 Å². The van der Waals surface area contributed by atoms with E-state index in [1.165, 1.54) is 13.4 Å². The van der Waals surface area contributed by atoms with Gasteiger partial charge in [0.15, 0.2) is 22.8 Å². The van der Waals surface area contributed by atoms with Crippen LogP contribution in [0, 0.1) is 5.82 Å². The summed E-state index contributed by atoms with van der Waals surface area (Å²) in [6.45, 7) is 1.28. The van der Waals surface area contributed by atoms with E-state index >= 15 is 0 Å². The van der Waals surface area contributed by atoms with Crippen LogP contribution in [0.2, 0.25) is 5.02 Å². The summed E-state index contributed by atoms with van der Waals surface area (Å²) in [5, 5.41) is 3.33. The predicted molar refractivity (Wildman–Crippen MR) is 112 cm³/mol. The van der Waals surface area contributed by atoms with Crippen molar-refractivity contribution in [3.05, 3.63) is 39.6 Å². The summed E-state index contributed by atoms with van der Waals surface area (Å²) in [6, 6.07) is 1.58. The van der Waals surface area contributed by atoms with Crippen molar-refractivity contribution in [2.45, 2.75) is 31.9 Å². The molecule has 2 aromatic heterocycles. The standard InChI is InChI=1S/C19H20BrClFN5O2/c1-28-17-11(8-12(21)15(22)14(17)20)5-6-23-18-16-19(25-9-24-18)27(10-26-16)13-4-2-3-7-29-13/h8-10,13H,2-7H2,1H3,(H,23,24,25). The van der Waals surface area contributed by atoms with Crippen LogP contribution in [-0.2, 0) is 11.2 Å². The number of ether oxygens (including phenoxy) is 2. The first kappa shape index (κ1) is 20.3. The molecule has 0 aliphatic carbocycles. The van der Waals surface area contributed by atoms with Gasteiger partial charge in [-0.1, -0.05) is 11.6 Å². The number of benzene rings is 1. The highest BCUT2D eigenvalue weighted by molar-refractivity contribution is 9.10. The molecule has 3 aromatic rings. The molecule has 1 aliphatic heterocycles. The van der Waals surface area contributed by atoms with E-state index in [0.717, 1.165) is 37.1 Å². The van der Waals surface area contributed by atoms with Gasteiger partial charge in [0, 0.05) is 13.2 Å². The number of nitrogens with zero attached hydrogens (tertiary/aromatic N) is 4. The van der Waals surface area contributed by atoms with Gasteiger partial charge in [0.05, 0.1) is 22.9 Å². The second-order valence-electron chi connectivity index (χ2n) is 6.72. The number of rotatable bonds is 6. The molecule has 0 spiro atoms. The van der Waals surface area contributed by atoms with Crippen molar-refractivity contribution in [3.8, 4) is 5.75 Å². The summed E-state index contributed by atoms with van der Waals surface area (Å²) in [7, 11) is 1.50. The van der Waals surface area contributed by atoms with Crippen LogP contribution in [0.3, 0.4) is 0 Å². The Kier molecular flexibility index (Phi) is 6.17. The molecule has 154 valence electrons. The van der Waals surface area contributed by atoms with E-state index in [4.69, 9.17) is 21.1 Å². The molecule has 1 fully saturated rings. The van der Waals surface area contributed by atoms with Gasteiger partial charge in [-0.15, -0.1) is 0 Å². The van der Waals surface area contributed by atoms with Crippen molar-refractivity contribution in [2.24, 2.45) is 0 Å². The molecule has 1 saturated heterocycles. The second-order valence-corrected chi connectivity index (χ2v) is 7.92. The van der Waals surface area contributed by atoms with Gasteiger partial charge in [0.2, 0.25) is 0 Å². The first-order valence-corrected chi connectivity index (χ1v) is 10.5. The highest BCUT2D eigenvalue weighted by Gasteiger charge is 2.20. The number of hydrogen-bond donors (Lipinski definition) is 1. The molecule has 1 unspecified atom stereocenters.